The largest absolute Gasteiger partial charge is 0.472 e. The van der Waals surface area contributed by atoms with Gasteiger partial charge in [0.05, 0.1) is 18.1 Å². The molecule has 1 aromatic heterocycles. The average molecular weight is 279 g/mol. The van der Waals surface area contributed by atoms with E-state index >= 15 is 0 Å². The molecule has 2 heterocycles. The van der Waals surface area contributed by atoms with Gasteiger partial charge in [-0.3, -0.25) is 0 Å². The van der Waals surface area contributed by atoms with Crippen LogP contribution in [0.4, 0.5) is 0 Å². The molecule has 3 heteroatoms. The van der Waals surface area contributed by atoms with Crippen molar-refractivity contribution in [2.75, 3.05) is 6.61 Å². The molecule has 1 aliphatic heterocycles. The Hall–Kier alpha value is -0.800. The molecule has 20 heavy (non-hydrogen) atoms. The van der Waals surface area contributed by atoms with E-state index in [-0.39, 0.29) is 5.60 Å². The molecular weight excluding hydrogens is 250 g/mol. The Labute approximate surface area is 123 Å². The number of ether oxygens (including phenoxy) is 1. The highest BCUT2D eigenvalue weighted by molar-refractivity contribution is 5.13. The van der Waals surface area contributed by atoms with Crippen molar-refractivity contribution in [3.05, 3.63) is 24.2 Å². The van der Waals surface area contributed by atoms with Crippen LogP contribution in [0.15, 0.2) is 23.0 Å². The highest BCUT2D eigenvalue weighted by Gasteiger charge is 2.30. The molecule has 0 aliphatic carbocycles. The number of furan rings is 1. The zero-order valence-corrected chi connectivity index (χ0v) is 13.3. The summed E-state index contributed by atoms with van der Waals surface area (Å²) in [5.41, 5.74) is 1.27. The van der Waals surface area contributed by atoms with E-state index in [9.17, 15) is 0 Å². The number of rotatable bonds is 6. The molecule has 3 unspecified atom stereocenters. The molecule has 0 saturated carbocycles. The van der Waals surface area contributed by atoms with Gasteiger partial charge in [-0.1, -0.05) is 6.92 Å². The molecule has 2 rings (SSSR count). The van der Waals surface area contributed by atoms with E-state index in [4.69, 9.17) is 9.15 Å². The van der Waals surface area contributed by atoms with E-state index in [0.29, 0.717) is 12.1 Å². The zero-order chi connectivity index (χ0) is 14.6. The summed E-state index contributed by atoms with van der Waals surface area (Å²) < 4.78 is 11.0. The molecule has 0 aromatic carbocycles. The molecule has 3 atom stereocenters. The molecule has 1 saturated heterocycles. The van der Waals surface area contributed by atoms with Crippen molar-refractivity contribution in [1.29, 1.82) is 0 Å². The fourth-order valence-electron chi connectivity index (χ4n) is 3.21. The van der Waals surface area contributed by atoms with Crippen molar-refractivity contribution in [3.8, 4) is 0 Å². The van der Waals surface area contributed by atoms with Gasteiger partial charge in [0, 0.05) is 24.3 Å². The Morgan fingerprint density at radius 3 is 2.85 bits per heavy atom. The predicted molar refractivity (Wildman–Crippen MR) is 81.7 cm³/mol. The molecule has 3 nitrogen and oxygen atoms in total. The second kappa shape index (κ2) is 6.77. The molecule has 114 valence electrons. The maximum atomic E-state index is 5.81. The lowest BCUT2D eigenvalue weighted by atomic mass is 9.83. The molecule has 0 amide bonds. The van der Waals surface area contributed by atoms with Crippen LogP contribution < -0.4 is 5.32 Å². The second-order valence-electron chi connectivity index (χ2n) is 6.67. The van der Waals surface area contributed by atoms with E-state index in [1.807, 2.05) is 6.26 Å². The fourth-order valence-corrected chi connectivity index (χ4v) is 3.21. The topological polar surface area (TPSA) is 34.4 Å². The van der Waals surface area contributed by atoms with E-state index < -0.39 is 0 Å². The third kappa shape index (κ3) is 4.10. The minimum absolute atomic E-state index is 0.0151. The van der Waals surface area contributed by atoms with Gasteiger partial charge in [-0.2, -0.15) is 0 Å². The SMILES string of the molecule is CCOC(C)(C)CCC1NC(c2ccoc2)CCC1C. The molecule has 1 aromatic rings. The summed E-state index contributed by atoms with van der Waals surface area (Å²) in [5, 5.41) is 3.80. The fraction of sp³-hybridized carbons (Fsp3) is 0.765. The van der Waals surface area contributed by atoms with Gasteiger partial charge in [0.15, 0.2) is 0 Å². The smallest absolute Gasteiger partial charge is 0.0950 e. The summed E-state index contributed by atoms with van der Waals surface area (Å²) in [6.07, 6.45) is 8.38. The van der Waals surface area contributed by atoms with Gasteiger partial charge in [0.25, 0.3) is 0 Å². The Bertz CT molecular complexity index is 386. The standard InChI is InChI=1S/C17H29NO2/c1-5-20-17(3,4)10-8-15-13(2)6-7-16(18-15)14-9-11-19-12-14/h9,11-13,15-16,18H,5-8,10H2,1-4H3. The quantitative estimate of drug-likeness (QED) is 0.843. The summed E-state index contributed by atoms with van der Waals surface area (Å²) in [6, 6.07) is 3.10. The van der Waals surface area contributed by atoms with Crippen molar-refractivity contribution in [3.63, 3.8) is 0 Å². The van der Waals surface area contributed by atoms with E-state index in [1.165, 1.54) is 24.8 Å². The first-order chi connectivity index (χ1) is 9.52. The summed E-state index contributed by atoms with van der Waals surface area (Å²) in [4.78, 5) is 0. The van der Waals surface area contributed by atoms with Gasteiger partial charge < -0.3 is 14.5 Å². The van der Waals surface area contributed by atoms with Crippen molar-refractivity contribution in [1.82, 2.24) is 5.32 Å². The maximum absolute atomic E-state index is 5.81. The highest BCUT2D eigenvalue weighted by Crippen LogP contribution is 2.32. The Balaban J connectivity index is 1.89. The van der Waals surface area contributed by atoms with Crippen molar-refractivity contribution in [2.45, 2.75) is 71.1 Å². The lowest BCUT2D eigenvalue weighted by Gasteiger charge is -2.37. The minimum Gasteiger partial charge on any atom is -0.472 e. The Kier molecular flexibility index (Phi) is 5.28. The van der Waals surface area contributed by atoms with Crippen LogP contribution in [0.25, 0.3) is 0 Å². The summed E-state index contributed by atoms with van der Waals surface area (Å²) in [5.74, 6) is 0.732. The molecule has 1 aliphatic rings. The molecular formula is C17H29NO2. The first-order valence-corrected chi connectivity index (χ1v) is 7.94. The first-order valence-electron chi connectivity index (χ1n) is 7.94. The normalized spacial score (nSPS) is 27.7. The zero-order valence-electron chi connectivity index (χ0n) is 13.3. The number of hydrogen-bond donors (Lipinski definition) is 1. The predicted octanol–water partition coefficient (Wildman–Crippen LogP) is 4.30. The summed E-state index contributed by atoms with van der Waals surface area (Å²) in [6.45, 7) is 9.60. The van der Waals surface area contributed by atoms with Crippen molar-refractivity contribution < 1.29 is 9.15 Å². The number of nitrogens with one attached hydrogen (secondary N) is 1. The van der Waals surface area contributed by atoms with Crippen LogP contribution in [0.1, 0.15) is 65.0 Å². The van der Waals surface area contributed by atoms with Crippen molar-refractivity contribution in [2.24, 2.45) is 5.92 Å². The Morgan fingerprint density at radius 2 is 2.20 bits per heavy atom. The molecule has 0 radical (unpaired) electrons. The summed E-state index contributed by atoms with van der Waals surface area (Å²) >= 11 is 0. The van der Waals surface area contributed by atoms with Crippen LogP contribution in [0.5, 0.6) is 0 Å². The Morgan fingerprint density at radius 1 is 1.40 bits per heavy atom. The van der Waals surface area contributed by atoms with Crippen LogP contribution in [0.3, 0.4) is 0 Å². The molecule has 1 fully saturated rings. The van der Waals surface area contributed by atoms with Gasteiger partial charge in [-0.15, -0.1) is 0 Å². The maximum Gasteiger partial charge on any atom is 0.0950 e. The lowest BCUT2D eigenvalue weighted by molar-refractivity contribution is -0.0211. The van der Waals surface area contributed by atoms with Crippen LogP contribution in [-0.2, 0) is 4.74 Å². The van der Waals surface area contributed by atoms with Crippen LogP contribution in [0, 0.1) is 5.92 Å². The third-order valence-electron chi connectivity index (χ3n) is 4.55. The molecule has 0 spiro atoms. The second-order valence-corrected chi connectivity index (χ2v) is 6.67. The first kappa shape index (κ1) is 15.6. The number of hydrogen-bond acceptors (Lipinski definition) is 3. The van der Waals surface area contributed by atoms with Gasteiger partial charge in [0.1, 0.15) is 0 Å². The van der Waals surface area contributed by atoms with E-state index in [2.05, 4.69) is 39.1 Å². The highest BCUT2D eigenvalue weighted by atomic mass is 16.5. The minimum atomic E-state index is -0.0151. The lowest BCUT2D eigenvalue weighted by Crippen LogP contribution is -2.43. The van der Waals surface area contributed by atoms with Gasteiger partial charge >= 0.3 is 0 Å². The third-order valence-corrected chi connectivity index (χ3v) is 4.55. The van der Waals surface area contributed by atoms with E-state index in [1.54, 1.807) is 6.26 Å². The van der Waals surface area contributed by atoms with Crippen LogP contribution >= 0.6 is 0 Å². The molecule has 0 bridgehead atoms. The number of piperidine rings is 1. The average Bonchev–Trinajstić information content (AvgIpc) is 2.92. The van der Waals surface area contributed by atoms with Crippen molar-refractivity contribution >= 4 is 0 Å². The summed E-state index contributed by atoms with van der Waals surface area (Å²) in [7, 11) is 0. The van der Waals surface area contributed by atoms with Gasteiger partial charge in [0.2, 0.25) is 0 Å². The van der Waals surface area contributed by atoms with Crippen LogP contribution in [0.2, 0.25) is 0 Å². The monoisotopic (exact) mass is 279 g/mol. The molecule has 1 N–H and O–H groups in total. The van der Waals surface area contributed by atoms with E-state index in [0.717, 1.165) is 18.9 Å². The van der Waals surface area contributed by atoms with Gasteiger partial charge in [-0.05, 0) is 58.4 Å². The van der Waals surface area contributed by atoms with Gasteiger partial charge in [-0.25, -0.2) is 0 Å². The van der Waals surface area contributed by atoms with Crippen LogP contribution in [-0.4, -0.2) is 18.2 Å².